The smallest absolute Gasteiger partial charge is 0.263 e. The van der Waals surface area contributed by atoms with Gasteiger partial charge >= 0.3 is 0 Å². The number of aromatic nitrogens is 3. The Morgan fingerprint density at radius 3 is 2.59 bits per heavy atom. The van der Waals surface area contributed by atoms with E-state index in [2.05, 4.69) is 42.7 Å². The quantitative estimate of drug-likeness (QED) is 0.364. The summed E-state index contributed by atoms with van der Waals surface area (Å²) in [5.74, 6) is -0.672. The Morgan fingerprint density at radius 2 is 1.82 bits per heavy atom. The molecule has 4 N–H and O–H groups in total. The van der Waals surface area contributed by atoms with Crippen LogP contribution in [0.2, 0.25) is 0 Å². The lowest BCUT2D eigenvalue weighted by Gasteiger charge is -2.34. The summed E-state index contributed by atoms with van der Waals surface area (Å²) in [7, 11) is 2.11. The molecule has 2 aromatic heterocycles. The normalized spacial score (nSPS) is 14.4. The van der Waals surface area contributed by atoms with Crippen molar-refractivity contribution >= 4 is 39.7 Å². The number of carbonyl (C=O) groups excluding carboxylic acids is 1. The second-order valence-corrected chi connectivity index (χ2v) is 8.27. The average Bonchev–Trinajstić information content (AvgIpc) is 3.22. The molecule has 4 aromatic rings. The number of halogens is 1. The molecule has 10 heteroatoms. The van der Waals surface area contributed by atoms with Gasteiger partial charge < -0.3 is 25.4 Å². The standard InChI is InChI=1S/C24H24FN7O2/c1-31-10-12-32(13-11-31)17-5-3-16(4-6-17)27-24(34)21-20(8-9-26-23(21)33)28-22-18-14-15(25)2-7-19(18)29-30-22/h2-9,14H,10-13H2,1H3,(H,27,34)(H3,26,28,29,30,33). The van der Waals surface area contributed by atoms with Crippen LogP contribution in [0.1, 0.15) is 10.4 Å². The molecule has 174 valence electrons. The summed E-state index contributed by atoms with van der Waals surface area (Å²) in [5, 5.41) is 13.2. The number of pyridine rings is 1. The number of rotatable bonds is 5. The first-order valence-corrected chi connectivity index (χ1v) is 11.0. The van der Waals surface area contributed by atoms with Crippen molar-refractivity contribution in [3.63, 3.8) is 0 Å². The van der Waals surface area contributed by atoms with Crippen LogP contribution < -0.4 is 21.1 Å². The van der Waals surface area contributed by atoms with Gasteiger partial charge in [0.2, 0.25) is 0 Å². The highest BCUT2D eigenvalue weighted by atomic mass is 19.1. The van der Waals surface area contributed by atoms with Crippen molar-refractivity contribution in [1.82, 2.24) is 20.1 Å². The van der Waals surface area contributed by atoms with E-state index in [1.165, 1.54) is 18.3 Å². The molecule has 0 saturated carbocycles. The fourth-order valence-electron chi connectivity index (χ4n) is 4.03. The summed E-state index contributed by atoms with van der Waals surface area (Å²) in [6.45, 7) is 3.90. The van der Waals surface area contributed by atoms with Gasteiger partial charge in [0.1, 0.15) is 11.4 Å². The predicted octanol–water partition coefficient (Wildman–Crippen LogP) is 3.14. The molecule has 0 atom stereocenters. The van der Waals surface area contributed by atoms with Gasteiger partial charge in [0.15, 0.2) is 5.82 Å². The molecule has 0 radical (unpaired) electrons. The minimum Gasteiger partial charge on any atom is -0.369 e. The van der Waals surface area contributed by atoms with Gasteiger partial charge in [-0.15, -0.1) is 0 Å². The van der Waals surface area contributed by atoms with Gasteiger partial charge in [-0.3, -0.25) is 14.7 Å². The number of anilines is 4. The molecule has 0 bridgehead atoms. The van der Waals surface area contributed by atoms with Gasteiger partial charge in [-0.25, -0.2) is 4.39 Å². The number of benzene rings is 2. The van der Waals surface area contributed by atoms with Gasteiger partial charge in [-0.05, 0) is 55.6 Å². The summed E-state index contributed by atoms with van der Waals surface area (Å²) in [4.78, 5) is 32.7. The summed E-state index contributed by atoms with van der Waals surface area (Å²) in [6.07, 6.45) is 1.43. The summed E-state index contributed by atoms with van der Waals surface area (Å²) < 4.78 is 13.7. The van der Waals surface area contributed by atoms with E-state index in [0.717, 1.165) is 31.9 Å². The number of H-pyrrole nitrogens is 2. The maximum Gasteiger partial charge on any atom is 0.263 e. The minimum absolute atomic E-state index is 0.0989. The van der Waals surface area contributed by atoms with E-state index in [1.807, 2.05) is 24.3 Å². The molecule has 5 rings (SSSR count). The number of piperazine rings is 1. The molecule has 0 spiro atoms. The number of fused-ring (bicyclic) bond motifs is 1. The lowest BCUT2D eigenvalue weighted by molar-refractivity contribution is 0.102. The predicted molar refractivity (Wildman–Crippen MR) is 131 cm³/mol. The molecule has 2 aromatic carbocycles. The third-order valence-electron chi connectivity index (χ3n) is 5.96. The SMILES string of the molecule is CN1CCN(c2ccc(NC(=O)c3c(Nc4n[nH]c5ccc(F)cc45)cc[nH]c3=O)cc2)CC1. The van der Waals surface area contributed by atoms with Gasteiger partial charge in [0, 0.05) is 49.1 Å². The Balaban J connectivity index is 1.36. The molecule has 1 amide bonds. The molecular formula is C24H24FN7O2. The molecule has 1 fully saturated rings. The second kappa shape index (κ2) is 8.99. The van der Waals surface area contributed by atoms with E-state index < -0.39 is 17.3 Å². The maximum atomic E-state index is 13.7. The van der Waals surface area contributed by atoms with Crippen molar-refractivity contribution in [1.29, 1.82) is 0 Å². The Hall–Kier alpha value is -4.18. The van der Waals surface area contributed by atoms with Crippen molar-refractivity contribution < 1.29 is 9.18 Å². The van der Waals surface area contributed by atoms with Crippen LogP contribution >= 0.6 is 0 Å². The zero-order valence-electron chi connectivity index (χ0n) is 18.6. The lowest BCUT2D eigenvalue weighted by atomic mass is 10.2. The zero-order chi connectivity index (χ0) is 23.7. The van der Waals surface area contributed by atoms with E-state index in [-0.39, 0.29) is 11.3 Å². The van der Waals surface area contributed by atoms with Gasteiger partial charge in [0.25, 0.3) is 11.5 Å². The van der Waals surface area contributed by atoms with Crippen LogP contribution in [0.3, 0.4) is 0 Å². The van der Waals surface area contributed by atoms with Crippen LogP contribution in [-0.4, -0.2) is 59.2 Å². The third-order valence-corrected chi connectivity index (χ3v) is 5.96. The topological polar surface area (TPSA) is 109 Å². The Labute approximate surface area is 194 Å². The molecule has 3 heterocycles. The van der Waals surface area contributed by atoms with E-state index in [9.17, 15) is 14.0 Å². The number of amides is 1. The largest absolute Gasteiger partial charge is 0.369 e. The molecule has 0 unspecified atom stereocenters. The number of aromatic amines is 2. The fraction of sp³-hybridized carbons (Fsp3) is 0.208. The van der Waals surface area contributed by atoms with Gasteiger partial charge in [0.05, 0.1) is 11.2 Å². The highest BCUT2D eigenvalue weighted by molar-refractivity contribution is 6.08. The third kappa shape index (κ3) is 4.35. The fourth-order valence-corrected chi connectivity index (χ4v) is 4.03. The number of nitrogens with zero attached hydrogens (tertiary/aromatic N) is 3. The van der Waals surface area contributed by atoms with Crippen molar-refractivity contribution in [2.45, 2.75) is 0 Å². The van der Waals surface area contributed by atoms with Crippen LogP contribution in [0, 0.1) is 5.82 Å². The van der Waals surface area contributed by atoms with Crippen LogP contribution in [-0.2, 0) is 0 Å². The molecule has 9 nitrogen and oxygen atoms in total. The summed E-state index contributed by atoms with van der Waals surface area (Å²) in [6, 6.07) is 13.3. The van der Waals surface area contributed by atoms with Crippen LogP contribution in [0.5, 0.6) is 0 Å². The van der Waals surface area contributed by atoms with Crippen LogP contribution in [0.4, 0.5) is 27.3 Å². The molecule has 1 saturated heterocycles. The number of likely N-dealkylation sites (N-methyl/N-ethyl adjacent to an activating group) is 1. The first-order valence-electron chi connectivity index (χ1n) is 11.0. The van der Waals surface area contributed by atoms with E-state index in [0.29, 0.717) is 22.4 Å². The number of hydrogen-bond donors (Lipinski definition) is 4. The number of carbonyl (C=O) groups is 1. The summed E-state index contributed by atoms with van der Waals surface area (Å²) in [5.41, 5.74) is 1.89. The Kier molecular flexibility index (Phi) is 5.72. The van der Waals surface area contributed by atoms with Crippen LogP contribution in [0.15, 0.2) is 59.5 Å². The minimum atomic E-state index is -0.567. The second-order valence-electron chi connectivity index (χ2n) is 8.27. The van der Waals surface area contributed by atoms with Gasteiger partial charge in [-0.2, -0.15) is 5.10 Å². The van der Waals surface area contributed by atoms with Crippen molar-refractivity contribution in [2.24, 2.45) is 0 Å². The van der Waals surface area contributed by atoms with E-state index >= 15 is 0 Å². The number of nitrogens with one attached hydrogen (secondary N) is 4. The molecule has 1 aliphatic rings. The van der Waals surface area contributed by atoms with Crippen molar-refractivity contribution in [3.05, 3.63) is 76.5 Å². The van der Waals surface area contributed by atoms with E-state index in [1.54, 1.807) is 12.1 Å². The molecule has 34 heavy (non-hydrogen) atoms. The number of hydrogen-bond acceptors (Lipinski definition) is 6. The molecule has 1 aliphatic heterocycles. The first kappa shape index (κ1) is 21.7. The maximum absolute atomic E-state index is 13.7. The average molecular weight is 462 g/mol. The monoisotopic (exact) mass is 461 g/mol. The Morgan fingerprint density at radius 1 is 1.06 bits per heavy atom. The van der Waals surface area contributed by atoms with Crippen LogP contribution in [0.25, 0.3) is 10.9 Å². The molecular weight excluding hydrogens is 437 g/mol. The van der Waals surface area contributed by atoms with Crippen molar-refractivity contribution in [3.8, 4) is 0 Å². The molecule has 0 aliphatic carbocycles. The first-order chi connectivity index (χ1) is 16.5. The zero-order valence-corrected chi connectivity index (χ0v) is 18.6. The van der Waals surface area contributed by atoms with E-state index in [4.69, 9.17) is 0 Å². The van der Waals surface area contributed by atoms with Crippen molar-refractivity contribution in [2.75, 3.05) is 48.8 Å². The highest BCUT2D eigenvalue weighted by Gasteiger charge is 2.19. The van der Waals surface area contributed by atoms with Gasteiger partial charge in [-0.1, -0.05) is 0 Å². The summed E-state index contributed by atoms with van der Waals surface area (Å²) >= 11 is 0. The highest BCUT2D eigenvalue weighted by Crippen LogP contribution is 2.26. The Bertz CT molecular complexity index is 1390. The lowest BCUT2D eigenvalue weighted by Crippen LogP contribution is -2.44.